The Morgan fingerprint density at radius 2 is 2.17 bits per heavy atom. The van der Waals surface area contributed by atoms with E-state index in [1.165, 1.54) is 6.08 Å². The number of halogens is 1. The van der Waals surface area contributed by atoms with Gasteiger partial charge in [0.1, 0.15) is 6.17 Å². The minimum atomic E-state index is -0.873. The van der Waals surface area contributed by atoms with Crippen molar-refractivity contribution in [1.29, 1.82) is 0 Å². The summed E-state index contributed by atoms with van der Waals surface area (Å²) in [7, 11) is 0. The molecule has 12 heavy (non-hydrogen) atoms. The van der Waals surface area contributed by atoms with Crippen molar-refractivity contribution in [2.75, 3.05) is 0 Å². The number of rotatable bonds is 2. The molecule has 0 unspecified atom stereocenters. The van der Waals surface area contributed by atoms with E-state index in [0.29, 0.717) is 6.42 Å². The SMILES string of the molecule is C=CC(=O)N[C@@H]1CCCC[C@H]1F. The molecule has 2 nitrogen and oxygen atoms in total. The highest BCUT2D eigenvalue weighted by molar-refractivity contribution is 5.87. The average Bonchev–Trinajstić information content (AvgIpc) is 2.09. The monoisotopic (exact) mass is 171 g/mol. The summed E-state index contributed by atoms with van der Waals surface area (Å²) in [6.07, 6.45) is 3.57. The number of amides is 1. The summed E-state index contributed by atoms with van der Waals surface area (Å²) >= 11 is 0. The van der Waals surface area contributed by atoms with Crippen LogP contribution >= 0.6 is 0 Å². The highest BCUT2D eigenvalue weighted by Gasteiger charge is 2.24. The Bertz CT molecular complexity index is 181. The quantitative estimate of drug-likeness (QED) is 0.628. The maximum absolute atomic E-state index is 13.1. The van der Waals surface area contributed by atoms with E-state index in [0.717, 1.165) is 19.3 Å². The number of carbonyl (C=O) groups excluding carboxylic acids is 1. The second-order valence-corrected chi connectivity index (χ2v) is 3.12. The molecular formula is C9H14FNO. The molecule has 2 atom stereocenters. The molecule has 0 radical (unpaired) electrons. The lowest BCUT2D eigenvalue weighted by Crippen LogP contribution is -2.42. The van der Waals surface area contributed by atoms with Gasteiger partial charge in [0.05, 0.1) is 6.04 Å². The third-order valence-corrected chi connectivity index (χ3v) is 2.19. The van der Waals surface area contributed by atoms with Gasteiger partial charge < -0.3 is 5.32 Å². The van der Waals surface area contributed by atoms with Gasteiger partial charge in [0.25, 0.3) is 0 Å². The first kappa shape index (κ1) is 9.23. The molecule has 1 aliphatic rings. The van der Waals surface area contributed by atoms with Gasteiger partial charge >= 0.3 is 0 Å². The van der Waals surface area contributed by atoms with Gasteiger partial charge in [-0.3, -0.25) is 4.79 Å². The lowest BCUT2D eigenvalue weighted by atomic mass is 9.93. The van der Waals surface area contributed by atoms with Crippen LogP contribution in [0.1, 0.15) is 25.7 Å². The molecular weight excluding hydrogens is 157 g/mol. The van der Waals surface area contributed by atoms with Crippen LogP contribution in [0.4, 0.5) is 4.39 Å². The van der Waals surface area contributed by atoms with E-state index in [1.807, 2.05) is 0 Å². The van der Waals surface area contributed by atoms with Crippen LogP contribution < -0.4 is 5.32 Å². The Labute approximate surface area is 71.8 Å². The van der Waals surface area contributed by atoms with Crippen molar-refractivity contribution in [3.05, 3.63) is 12.7 Å². The Balaban J connectivity index is 2.38. The summed E-state index contributed by atoms with van der Waals surface area (Å²) in [4.78, 5) is 10.8. The van der Waals surface area contributed by atoms with E-state index in [4.69, 9.17) is 0 Å². The standard InChI is InChI=1S/C9H14FNO/c1-2-9(12)11-8-6-4-3-5-7(8)10/h2,7-8H,1,3-6H2,(H,11,12)/t7-,8-/m1/s1. The minimum Gasteiger partial charge on any atom is -0.347 e. The van der Waals surface area contributed by atoms with Gasteiger partial charge in [-0.2, -0.15) is 0 Å². The fraction of sp³-hybridized carbons (Fsp3) is 0.667. The second-order valence-electron chi connectivity index (χ2n) is 3.12. The maximum atomic E-state index is 13.1. The summed E-state index contributed by atoms with van der Waals surface area (Å²) < 4.78 is 13.1. The van der Waals surface area contributed by atoms with Crippen molar-refractivity contribution in [2.24, 2.45) is 0 Å². The number of carbonyl (C=O) groups is 1. The fourth-order valence-electron chi connectivity index (χ4n) is 1.49. The van der Waals surface area contributed by atoms with Gasteiger partial charge in [0.2, 0.25) is 5.91 Å². The first-order valence-corrected chi connectivity index (χ1v) is 4.31. The predicted molar refractivity (Wildman–Crippen MR) is 45.5 cm³/mol. The number of hydrogen-bond acceptors (Lipinski definition) is 1. The van der Waals surface area contributed by atoms with Crippen molar-refractivity contribution in [1.82, 2.24) is 5.32 Å². The van der Waals surface area contributed by atoms with Crippen LogP contribution in [0.3, 0.4) is 0 Å². The van der Waals surface area contributed by atoms with E-state index in [-0.39, 0.29) is 11.9 Å². The zero-order chi connectivity index (χ0) is 8.97. The van der Waals surface area contributed by atoms with E-state index >= 15 is 0 Å². The highest BCUT2D eigenvalue weighted by Crippen LogP contribution is 2.20. The highest BCUT2D eigenvalue weighted by atomic mass is 19.1. The summed E-state index contributed by atoms with van der Waals surface area (Å²) in [6, 6.07) is -0.288. The van der Waals surface area contributed by atoms with Crippen molar-refractivity contribution in [2.45, 2.75) is 37.9 Å². The van der Waals surface area contributed by atoms with Gasteiger partial charge in [-0.15, -0.1) is 0 Å². The molecule has 3 heteroatoms. The normalized spacial score (nSPS) is 29.4. The summed E-state index contributed by atoms with van der Waals surface area (Å²) in [5.41, 5.74) is 0. The van der Waals surface area contributed by atoms with Gasteiger partial charge in [-0.25, -0.2) is 4.39 Å². The first-order valence-electron chi connectivity index (χ1n) is 4.31. The maximum Gasteiger partial charge on any atom is 0.243 e. The molecule has 1 aliphatic carbocycles. The molecule has 0 aliphatic heterocycles. The molecule has 1 amide bonds. The fourth-order valence-corrected chi connectivity index (χ4v) is 1.49. The Morgan fingerprint density at radius 1 is 1.50 bits per heavy atom. The first-order chi connectivity index (χ1) is 5.74. The molecule has 1 fully saturated rings. The second kappa shape index (κ2) is 4.24. The van der Waals surface area contributed by atoms with Gasteiger partial charge in [0.15, 0.2) is 0 Å². The van der Waals surface area contributed by atoms with Gasteiger partial charge in [-0.05, 0) is 18.9 Å². The third kappa shape index (κ3) is 2.32. The smallest absolute Gasteiger partial charge is 0.243 e. The summed E-state index contributed by atoms with van der Waals surface area (Å²) in [5, 5.41) is 2.59. The van der Waals surface area contributed by atoms with E-state index in [9.17, 15) is 9.18 Å². The number of alkyl halides is 1. The zero-order valence-electron chi connectivity index (χ0n) is 7.05. The lowest BCUT2D eigenvalue weighted by molar-refractivity contribution is -0.117. The molecule has 0 saturated heterocycles. The topological polar surface area (TPSA) is 29.1 Å². The third-order valence-electron chi connectivity index (χ3n) is 2.19. The molecule has 0 bridgehead atoms. The summed E-state index contributed by atoms with van der Waals surface area (Å²) in [5.74, 6) is -0.274. The molecule has 1 rings (SSSR count). The molecule has 0 aromatic carbocycles. The molecule has 68 valence electrons. The van der Waals surface area contributed by atoms with Crippen molar-refractivity contribution in [3.8, 4) is 0 Å². The Hall–Kier alpha value is -0.860. The van der Waals surface area contributed by atoms with E-state index in [1.54, 1.807) is 0 Å². The van der Waals surface area contributed by atoms with Crippen LogP contribution in [-0.4, -0.2) is 18.1 Å². The molecule has 0 aromatic rings. The summed E-state index contributed by atoms with van der Waals surface area (Å²) in [6.45, 7) is 3.32. The zero-order valence-corrected chi connectivity index (χ0v) is 7.05. The van der Waals surface area contributed by atoms with Crippen molar-refractivity contribution < 1.29 is 9.18 Å². The van der Waals surface area contributed by atoms with Crippen molar-refractivity contribution in [3.63, 3.8) is 0 Å². The number of hydrogen-bond donors (Lipinski definition) is 1. The van der Waals surface area contributed by atoms with Crippen LogP contribution in [0.2, 0.25) is 0 Å². The van der Waals surface area contributed by atoms with Crippen molar-refractivity contribution >= 4 is 5.91 Å². The molecule has 0 spiro atoms. The molecule has 1 N–H and O–H groups in total. The van der Waals surface area contributed by atoms with Crippen LogP contribution in [0.25, 0.3) is 0 Å². The number of nitrogens with one attached hydrogen (secondary N) is 1. The van der Waals surface area contributed by atoms with Crippen LogP contribution in [-0.2, 0) is 4.79 Å². The molecule has 0 aromatic heterocycles. The predicted octanol–water partition coefficient (Wildman–Crippen LogP) is 1.57. The average molecular weight is 171 g/mol. The van der Waals surface area contributed by atoms with Crippen LogP contribution in [0.5, 0.6) is 0 Å². The molecule has 1 saturated carbocycles. The van der Waals surface area contributed by atoms with E-state index < -0.39 is 6.17 Å². The molecule has 0 heterocycles. The minimum absolute atomic E-state index is 0.274. The lowest BCUT2D eigenvalue weighted by Gasteiger charge is -2.26. The van der Waals surface area contributed by atoms with E-state index in [2.05, 4.69) is 11.9 Å². The largest absolute Gasteiger partial charge is 0.347 e. The Morgan fingerprint density at radius 3 is 2.75 bits per heavy atom. The van der Waals surface area contributed by atoms with Crippen LogP contribution in [0, 0.1) is 0 Å². The van der Waals surface area contributed by atoms with Crippen LogP contribution in [0.15, 0.2) is 12.7 Å². The van der Waals surface area contributed by atoms with Gasteiger partial charge in [-0.1, -0.05) is 19.4 Å². The van der Waals surface area contributed by atoms with Gasteiger partial charge in [0, 0.05) is 0 Å². The Kier molecular flexibility index (Phi) is 3.26.